The molecule has 1 amide bonds. The lowest BCUT2D eigenvalue weighted by Gasteiger charge is -2.34. The zero-order valence-corrected chi connectivity index (χ0v) is 23.0. The lowest BCUT2D eigenvalue weighted by molar-refractivity contribution is -0.134. The highest BCUT2D eigenvalue weighted by Gasteiger charge is 2.30. The molecule has 8 nitrogen and oxygen atoms in total. The predicted octanol–water partition coefficient (Wildman–Crippen LogP) is 4.72. The standard InChI is InChI=1S/C28H36N6O2S/c1-17(2)23-24-19(4)26(20-5-7-33(8-6-20)22(35)15-32-9-11-36-12-10-32)37-28(24)31-25(23)21-13-18(3)27-29-16-30-34(27)14-21/h13-14,16-17,20,31H,5-12,15H2,1-4H3. The van der Waals surface area contributed by atoms with E-state index in [4.69, 9.17) is 4.74 Å². The summed E-state index contributed by atoms with van der Waals surface area (Å²) in [5.74, 6) is 1.16. The maximum Gasteiger partial charge on any atom is 0.236 e. The van der Waals surface area contributed by atoms with Gasteiger partial charge in [0.15, 0.2) is 5.65 Å². The smallest absolute Gasteiger partial charge is 0.236 e. The van der Waals surface area contributed by atoms with Gasteiger partial charge in [-0.3, -0.25) is 9.69 Å². The minimum Gasteiger partial charge on any atom is -0.379 e. The minimum atomic E-state index is 0.265. The van der Waals surface area contributed by atoms with Gasteiger partial charge in [0.05, 0.1) is 25.5 Å². The van der Waals surface area contributed by atoms with Crippen LogP contribution in [0, 0.1) is 13.8 Å². The molecule has 0 aromatic carbocycles. The molecule has 4 aromatic rings. The van der Waals surface area contributed by atoms with E-state index in [1.807, 2.05) is 15.9 Å². The predicted molar refractivity (Wildman–Crippen MR) is 148 cm³/mol. The number of hydrogen-bond donors (Lipinski definition) is 1. The number of piperidine rings is 1. The average molecular weight is 521 g/mol. The van der Waals surface area contributed by atoms with E-state index in [1.54, 1.807) is 6.33 Å². The van der Waals surface area contributed by atoms with Gasteiger partial charge < -0.3 is 14.6 Å². The third kappa shape index (κ3) is 4.47. The Morgan fingerprint density at radius 2 is 1.95 bits per heavy atom. The van der Waals surface area contributed by atoms with E-state index < -0.39 is 0 Å². The van der Waals surface area contributed by atoms with Crippen LogP contribution in [0.2, 0.25) is 0 Å². The van der Waals surface area contributed by atoms with Gasteiger partial charge in [-0.25, -0.2) is 9.50 Å². The van der Waals surface area contributed by atoms with Gasteiger partial charge in [0.2, 0.25) is 5.91 Å². The first kappa shape index (κ1) is 24.6. The number of thiophene rings is 1. The molecular formula is C28H36N6O2S. The van der Waals surface area contributed by atoms with Crippen molar-refractivity contribution < 1.29 is 9.53 Å². The summed E-state index contributed by atoms with van der Waals surface area (Å²) in [7, 11) is 0. The van der Waals surface area contributed by atoms with Crippen molar-refractivity contribution in [3.05, 3.63) is 40.2 Å². The molecule has 0 saturated carbocycles. The van der Waals surface area contributed by atoms with Crippen LogP contribution in [-0.4, -0.2) is 81.2 Å². The molecule has 2 aliphatic rings. The normalized spacial score (nSPS) is 18.0. The lowest BCUT2D eigenvalue weighted by Crippen LogP contribution is -2.46. The Balaban J connectivity index is 1.24. The number of fused-ring (bicyclic) bond motifs is 2. The molecule has 2 aliphatic heterocycles. The van der Waals surface area contributed by atoms with Gasteiger partial charge in [-0.2, -0.15) is 5.10 Å². The molecule has 0 spiro atoms. The summed E-state index contributed by atoms with van der Waals surface area (Å²) in [6, 6.07) is 2.21. The molecule has 6 rings (SSSR count). The molecule has 0 bridgehead atoms. The summed E-state index contributed by atoms with van der Waals surface area (Å²) in [5, 5.41) is 5.77. The molecule has 6 heterocycles. The van der Waals surface area contributed by atoms with Crippen LogP contribution in [0.5, 0.6) is 0 Å². The lowest BCUT2D eigenvalue weighted by atomic mass is 9.90. The van der Waals surface area contributed by atoms with Crippen molar-refractivity contribution in [1.29, 1.82) is 0 Å². The highest BCUT2D eigenvalue weighted by molar-refractivity contribution is 7.19. The highest BCUT2D eigenvalue weighted by Crippen LogP contribution is 2.45. The Kier molecular flexibility index (Phi) is 6.54. The van der Waals surface area contributed by atoms with Crippen LogP contribution in [0.4, 0.5) is 0 Å². The van der Waals surface area contributed by atoms with Gasteiger partial charge in [-0.05, 0) is 61.3 Å². The van der Waals surface area contributed by atoms with Crippen molar-refractivity contribution in [1.82, 2.24) is 29.4 Å². The second-order valence-corrected chi connectivity index (χ2v) is 11.9. The number of aromatic amines is 1. The van der Waals surface area contributed by atoms with Crippen LogP contribution < -0.4 is 0 Å². The highest BCUT2D eigenvalue weighted by atomic mass is 32.1. The Hall–Kier alpha value is -2.75. The molecule has 37 heavy (non-hydrogen) atoms. The number of aromatic nitrogens is 4. The van der Waals surface area contributed by atoms with E-state index >= 15 is 0 Å². The SMILES string of the molecule is Cc1c(C2CCN(C(=O)CN3CCOCC3)CC2)sc2[nH]c(-c3cc(C)c4ncnn4c3)c(C(C)C)c12. The maximum atomic E-state index is 12.9. The molecule has 2 saturated heterocycles. The van der Waals surface area contributed by atoms with Crippen molar-refractivity contribution in [2.45, 2.75) is 52.4 Å². The summed E-state index contributed by atoms with van der Waals surface area (Å²) >= 11 is 1.91. The van der Waals surface area contributed by atoms with Crippen molar-refractivity contribution in [2.24, 2.45) is 0 Å². The van der Waals surface area contributed by atoms with Gasteiger partial charge in [-0.1, -0.05) is 13.8 Å². The molecule has 0 aliphatic carbocycles. The van der Waals surface area contributed by atoms with Crippen molar-refractivity contribution in [3.8, 4) is 11.3 Å². The topological polar surface area (TPSA) is 78.8 Å². The van der Waals surface area contributed by atoms with Crippen molar-refractivity contribution in [3.63, 3.8) is 0 Å². The van der Waals surface area contributed by atoms with E-state index in [2.05, 4.69) is 64.8 Å². The Bertz CT molecular complexity index is 1440. The number of nitrogens with one attached hydrogen (secondary N) is 1. The molecule has 0 atom stereocenters. The number of ether oxygens (including phenoxy) is 1. The number of carbonyl (C=O) groups is 1. The van der Waals surface area contributed by atoms with Gasteiger partial charge in [0, 0.05) is 48.2 Å². The van der Waals surface area contributed by atoms with Crippen molar-refractivity contribution in [2.75, 3.05) is 45.9 Å². The number of nitrogens with zero attached hydrogens (tertiary/aromatic N) is 5. The third-order valence-electron chi connectivity index (χ3n) is 8.07. The fourth-order valence-electron chi connectivity index (χ4n) is 6.12. The number of H-pyrrole nitrogens is 1. The molecular weight excluding hydrogens is 484 g/mol. The Labute approximate surface area is 221 Å². The largest absolute Gasteiger partial charge is 0.379 e. The van der Waals surface area contributed by atoms with Gasteiger partial charge >= 0.3 is 0 Å². The molecule has 0 radical (unpaired) electrons. The summed E-state index contributed by atoms with van der Waals surface area (Å²) in [6.45, 7) is 14.3. The second kappa shape index (κ2) is 9.85. The fraction of sp³-hybridized carbons (Fsp3) is 0.536. The third-order valence-corrected chi connectivity index (χ3v) is 9.44. The zero-order valence-electron chi connectivity index (χ0n) is 22.2. The van der Waals surface area contributed by atoms with Gasteiger partial charge in [0.25, 0.3) is 0 Å². The average Bonchev–Trinajstić information content (AvgIpc) is 3.60. The number of rotatable bonds is 5. The van der Waals surface area contributed by atoms with Crippen LogP contribution >= 0.6 is 11.3 Å². The monoisotopic (exact) mass is 520 g/mol. The van der Waals surface area contributed by atoms with Gasteiger partial charge in [0.1, 0.15) is 11.2 Å². The summed E-state index contributed by atoms with van der Waals surface area (Å²) in [6.07, 6.45) is 5.76. The van der Waals surface area contributed by atoms with Crippen LogP contribution in [-0.2, 0) is 9.53 Å². The molecule has 1 N–H and O–H groups in total. The van der Waals surface area contributed by atoms with Crippen molar-refractivity contribution >= 4 is 33.1 Å². The van der Waals surface area contributed by atoms with Crippen LogP contribution in [0.25, 0.3) is 27.1 Å². The molecule has 196 valence electrons. The summed E-state index contributed by atoms with van der Waals surface area (Å²) < 4.78 is 7.29. The minimum absolute atomic E-state index is 0.265. The second-order valence-electron chi connectivity index (χ2n) is 10.8. The van der Waals surface area contributed by atoms with Crippen LogP contribution in [0.15, 0.2) is 18.6 Å². The zero-order chi connectivity index (χ0) is 25.7. The first-order valence-corrected chi connectivity index (χ1v) is 14.3. The first-order valence-electron chi connectivity index (χ1n) is 13.4. The number of morpholine rings is 1. The number of amides is 1. The van der Waals surface area contributed by atoms with E-state index in [0.29, 0.717) is 18.4 Å². The van der Waals surface area contributed by atoms with E-state index in [9.17, 15) is 4.79 Å². The van der Waals surface area contributed by atoms with Crippen LogP contribution in [0.1, 0.15) is 60.1 Å². The summed E-state index contributed by atoms with van der Waals surface area (Å²) in [4.78, 5) is 28.1. The molecule has 2 fully saturated rings. The number of hydrogen-bond acceptors (Lipinski definition) is 6. The molecule has 9 heteroatoms. The van der Waals surface area contributed by atoms with E-state index in [1.165, 1.54) is 31.9 Å². The molecule has 0 unspecified atom stereocenters. The van der Waals surface area contributed by atoms with Crippen LogP contribution in [0.3, 0.4) is 0 Å². The maximum absolute atomic E-state index is 12.9. The first-order chi connectivity index (χ1) is 17.9. The van der Waals surface area contributed by atoms with E-state index in [-0.39, 0.29) is 5.91 Å². The van der Waals surface area contributed by atoms with E-state index in [0.717, 1.165) is 69.0 Å². The quantitative estimate of drug-likeness (QED) is 0.412. The van der Waals surface area contributed by atoms with Gasteiger partial charge in [-0.15, -0.1) is 11.3 Å². The fourth-order valence-corrected chi connectivity index (χ4v) is 7.51. The summed E-state index contributed by atoms with van der Waals surface area (Å²) in [5.41, 5.74) is 7.15. The Morgan fingerprint density at radius 1 is 1.19 bits per heavy atom. The number of aryl methyl sites for hydroxylation is 2. The number of carbonyl (C=O) groups excluding carboxylic acids is 1. The Morgan fingerprint density at radius 3 is 2.68 bits per heavy atom. The number of pyridine rings is 1. The molecule has 4 aromatic heterocycles. The number of likely N-dealkylation sites (tertiary alicyclic amines) is 1.